The molecule has 3 rings (SSSR count). The number of amides is 1. The molecule has 2 fully saturated rings. The molecule has 2 aliphatic heterocycles. The zero-order chi connectivity index (χ0) is 14.5. The first-order valence-electron chi connectivity index (χ1n) is 7.34. The summed E-state index contributed by atoms with van der Waals surface area (Å²) >= 11 is 0. The quantitative estimate of drug-likeness (QED) is 0.674. The lowest BCUT2D eigenvalue weighted by Gasteiger charge is -2.51. The average molecular weight is 306 g/mol. The van der Waals surface area contributed by atoms with Crippen molar-refractivity contribution < 1.29 is 4.79 Å². The summed E-state index contributed by atoms with van der Waals surface area (Å²) in [6.07, 6.45) is 1.81. The fourth-order valence-corrected chi connectivity index (χ4v) is 18.5. The minimum atomic E-state index is -1.45. The molecule has 1 aromatic heterocycles. The summed E-state index contributed by atoms with van der Waals surface area (Å²) in [5.74, 6) is 0.198. The van der Waals surface area contributed by atoms with Crippen LogP contribution in [-0.4, -0.2) is 37.6 Å². The van der Waals surface area contributed by atoms with Gasteiger partial charge in [0.1, 0.15) is 22.5 Å². The third kappa shape index (κ3) is 2.06. The van der Waals surface area contributed by atoms with Crippen molar-refractivity contribution in [3.05, 3.63) is 30.1 Å². The fourth-order valence-electron chi connectivity index (χ4n) is 3.86. The Morgan fingerprint density at radius 2 is 1.85 bits per heavy atom. The van der Waals surface area contributed by atoms with Crippen molar-refractivity contribution in [3.8, 4) is 0 Å². The lowest BCUT2D eigenvalue weighted by atomic mass is 9.96. The van der Waals surface area contributed by atoms with Gasteiger partial charge >= 0.3 is 0 Å². The lowest BCUT2D eigenvalue weighted by Crippen LogP contribution is -2.72. The van der Waals surface area contributed by atoms with E-state index in [0.29, 0.717) is 0 Å². The van der Waals surface area contributed by atoms with Crippen LogP contribution >= 0.6 is 0 Å². The van der Waals surface area contributed by atoms with Crippen molar-refractivity contribution in [1.82, 2.24) is 14.5 Å². The largest absolute Gasteiger partial charge is 0.344 e. The number of carbonyl (C=O) groups excluding carboxylic acids is 1. The number of hydrogen-bond acceptors (Lipinski definition) is 3. The van der Waals surface area contributed by atoms with Crippen LogP contribution < -0.4 is 5.32 Å². The number of pyridine rings is 1. The van der Waals surface area contributed by atoms with E-state index in [-0.39, 0.29) is 18.0 Å². The molecule has 0 bridgehead atoms. The molecule has 0 aromatic carbocycles. The molecule has 2 saturated heterocycles. The molecule has 3 heterocycles. The van der Waals surface area contributed by atoms with Crippen molar-refractivity contribution in [2.45, 2.75) is 50.4 Å². The highest BCUT2D eigenvalue weighted by Crippen LogP contribution is 2.43. The third-order valence-electron chi connectivity index (χ3n) is 4.82. The van der Waals surface area contributed by atoms with Crippen LogP contribution in [0.5, 0.6) is 0 Å². The second kappa shape index (κ2) is 4.51. The maximum Gasteiger partial charge on any atom is 0.239 e. The van der Waals surface area contributed by atoms with Gasteiger partial charge in [-0.1, -0.05) is 32.3 Å². The first kappa shape index (κ1) is 14.0. The molecule has 0 saturated carbocycles. The minimum Gasteiger partial charge on any atom is -0.344 e. The summed E-state index contributed by atoms with van der Waals surface area (Å²) in [5, 5.41) is 3.06. The number of aromatic nitrogens is 1. The maximum absolute atomic E-state index is 12.2. The highest BCUT2D eigenvalue weighted by Gasteiger charge is 2.57. The Kier molecular flexibility index (Phi) is 3.15. The molecule has 108 valence electrons. The molecule has 1 N–H and O–H groups in total. The van der Waals surface area contributed by atoms with Crippen LogP contribution in [0.4, 0.5) is 0 Å². The molecule has 0 aliphatic carbocycles. The number of hydrogen-bond donors (Lipinski definition) is 1. The van der Waals surface area contributed by atoms with Gasteiger partial charge in [0, 0.05) is 6.20 Å². The first-order chi connectivity index (χ1) is 9.33. The van der Waals surface area contributed by atoms with Gasteiger partial charge in [-0.15, -0.1) is 0 Å². The smallest absolute Gasteiger partial charge is 0.239 e. The highest BCUT2D eigenvalue weighted by molar-refractivity contribution is 6.95. The maximum atomic E-state index is 12.2. The summed E-state index contributed by atoms with van der Waals surface area (Å²) in [7, 11) is -2.90. The van der Waals surface area contributed by atoms with E-state index in [1.54, 1.807) is 0 Å². The molecule has 2 aliphatic rings. The topological polar surface area (TPSA) is 45.2 Å². The number of nitrogens with one attached hydrogen (secondary N) is 1. The molecule has 1 aromatic rings. The Labute approximate surface area is 122 Å². The molecule has 0 radical (unpaired) electrons. The predicted molar refractivity (Wildman–Crippen MR) is 85.3 cm³/mol. The van der Waals surface area contributed by atoms with Crippen molar-refractivity contribution in [2.75, 3.05) is 0 Å². The van der Waals surface area contributed by atoms with E-state index in [1.807, 2.05) is 24.4 Å². The minimum absolute atomic E-state index is 0.0238. The van der Waals surface area contributed by atoms with Gasteiger partial charge in [-0.25, -0.2) is 0 Å². The fraction of sp³-hybridized carbons (Fsp3) is 0.571. The van der Waals surface area contributed by atoms with Gasteiger partial charge in [0.05, 0.1) is 11.7 Å². The van der Waals surface area contributed by atoms with Crippen molar-refractivity contribution in [2.24, 2.45) is 0 Å². The number of β-lactam (4-membered cyclic amide) rings is 1. The molecule has 6 heteroatoms. The van der Waals surface area contributed by atoms with Crippen molar-refractivity contribution in [3.63, 3.8) is 0 Å². The lowest BCUT2D eigenvalue weighted by molar-refractivity contribution is -0.133. The molecule has 4 nitrogen and oxygen atoms in total. The second-order valence-corrected chi connectivity index (χ2v) is 16.8. The van der Waals surface area contributed by atoms with Crippen LogP contribution in [0.1, 0.15) is 11.7 Å². The standard InChI is InChI=1S/C14H23N3OSi2/c1-19(2)9-10-20(3,4)17(19)13-12(16-14(13)18)11-7-5-6-8-15-11/h5-8,12-13H,9-10H2,1-4H3,(H,16,18)/t12-,13+/m0/s1. The van der Waals surface area contributed by atoms with Gasteiger partial charge in [-0.05, 0) is 24.2 Å². The van der Waals surface area contributed by atoms with Crippen LogP contribution in [0.15, 0.2) is 24.4 Å². The Bertz CT molecular complexity index is 516. The summed E-state index contributed by atoms with van der Waals surface area (Å²) < 4.78 is 2.68. The van der Waals surface area contributed by atoms with Crippen molar-refractivity contribution in [1.29, 1.82) is 0 Å². The molecular weight excluding hydrogens is 282 g/mol. The zero-order valence-electron chi connectivity index (χ0n) is 12.7. The van der Waals surface area contributed by atoms with Crippen LogP contribution in [0, 0.1) is 0 Å². The Morgan fingerprint density at radius 3 is 2.35 bits per heavy atom. The first-order valence-corrected chi connectivity index (χ1v) is 13.6. The van der Waals surface area contributed by atoms with Crippen LogP contribution in [0.25, 0.3) is 0 Å². The van der Waals surface area contributed by atoms with E-state index in [0.717, 1.165) is 5.69 Å². The highest BCUT2D eigenvalue weighted by atomic mass is 28.4. The van der Waals surface area contributed by atoms with Gasteiger partial charge < -0.3 is 9.55 Å². The molecule has 0 spiro atoms. The van der Waals surface area contributed by atoms with E-state index in [9.17, 15) is 4.79 Å². The van der Waals surface area contributed by atoms with Crippen LogP contribution in [0.3, 0.4) is 0 Å². The molecular formula is C14H23N3OSi2. The Hall–Kier alpha value is -0.986. The number of rotatable bonds is 2. The van der Waals surface area contributed by atoms with E-state index in [2.05, 4.69) is 40.7 Å². The Balaban J connectivity index is 1.94. The van der Waals surface area contributed by atoms with Crippen LogP contribution in [-0.2, 0) is 4.79 Å². The third-order valence-corrected chi connectivity index (χ3v) is 15.1. The number of nitrogens with zero attached hydrogens (tertiary/aromatic N) is 2. The monoisotopic (exact) mass is 305 g/mol. The summed E-state index contributed by atoms with van der Waals surface area (Å²) in [4.78, 5) is 16.7. The van der Waals surface area contributed by atoms with E-state index >= 15 is 0 Å². The van der Waals surface area contributed by atoms with Crippen molar-refractivity contribution >= 4 is 22.4 Å². The SMILES string of the molecule is C[Si]1(C)CC[Si](C)(C)N1[C@H]1C(=O)N[C@H]1c1ccccn1. The summed E-state index contributed by atoms with van der Waals surface area (Å²) in [6, 6.07) is 8.70. The van der Waals surface area contributed by atoms with E-state index in [1.165, 1.54) is 12.1 Å². The summed E-state index contributed by atoms with van der Waals surface area (Å²) in [6.45, 7) is 9.65. The second-order valence-electron chi connectivity index (χ2n) is 7.18. The zero-order valence-corrected chi connectivity index (χ0v) is 14.7. The normalized spacial score (nSPS) is 31.7. The molecule has 20 heavy (non-hydrogen) atoms. The van der Waals surface area contributed by atoms with E-state index < -0.39 is 16.5 Å². The van der Waals surface area contributed by atoms with Gasteiger partial charge in [0.25, 0.3) is 0 Å². The molecule has 2 atom stereocenters. The molecule has 1 amide bonds. The predicted octanol–water partition coefficient (Wildman–Crippen LogP) is 2.35. The van der Waals surface area contributed by atoms with Crippen LogP contribution in [0.2, 0.25) is 38.3 Å². The number of carbonyl (C=O) groups is 1. The molecule has 0 unspecified atom stereocenters. The van der Waals surface area contributed by atoms with E-state index in [4.69, 9.17) is 0 Å². The van der Waals surface area contributed by atoms with Gasteiger partial charge in [-0.2, -0.15) is 0 Å². The summed E-state index contributed by atoms with van der Waals surface area (Å²) in [5.41, 5.74) is 0.999. The van der Waals surface area contributed by atoms with Gasteiger partial charge in [-0.3, -0.25) is 9.78 Å². The van der Waals surface area contributed by atoms with Gasteiger partial charge in [0.15, 0.2) is 0 Å². The average Bonchev–Trinajstić information content (AvgIpc) is 2.60. The van der Waals surface area contributed by atoms with Gasteiger partial charge in [0.2, 0.25) is 5.91 Å². The Morgan fingerprint density at radius 1 is 1.20 bits per heavy atom.